The minimum absolute atomic E-state index is 0.180. The summed E-state index contributed by atoms with van der Waals surface area (Å²) >= 11 is 0. The van der Waals surface area contributed by atoms with Crippen LogP contribution in [0.2, 0.25) is 0 Å². The first-order valence-electron chi connectivity index (χ1n) is 6.95. The smallest absolute Gasteiger partial charge is 0.257 e. The largest absolute Gasteiger partial charge is 0.481 e. The van der Waals surface area contributed by atoms with Crippen molar-refractivity contribution in [2.75, 3.05) is 27.4 Å². The Hall–Kier alpha value is -1.90. The molecule has 2 aliphatic rings. The van der Waals surface area contributed by atoms with Crippen LogP contribution in [-0.2, 0) is 9.47 Å². The van der Waals surface area contributed by atoms with Crippen LogP contribution < -0.4 is 14.8 Å². The number of methoxy groups -OCH3 is 2. The molecule has 0 unspecified atom stereocenters. The van der Waals surface area contributed by atoms with Crippen LogP contribution in [0.15, 0.2) is 12.1 Å². The molecule has 2 aliphatic heterocycles. The number of carbonyl (C=O) groups is 1. The molecule has 0 bridgehead atoms. The summed E-state index contributed by atoms with van der Waals surface area (Å²) in [6, 6.07) is 2.85. The number of pyridine rings is 1. The maximum absolute atomic E-state index is 12.4. The zero-order valence-corrected chi connectivity index (χ0v) is 12.3. The molecule has 0 aromatic carbocycles. The van der Waals surface area contributed by atoms with Crippen molar-refractivity contribution >= 4 is 5.91 Å². The Labute approximate surface area is 127 Å². The van der Waals surface area contributed by atoms with Crippen molar-refractivity contribution in [1.29, 1.82) is 0 Å². The Balaban J connectivity index is 1.72. The van der Waals surface area contributed by atoms with Crippen molar-refractivity contribution in [3.8, 4) is 11.8 Å². The van der Waals surface area contributed by atoms with E-state index in [1.807, 2.05) is 0 Å². The van der Waals surface area contributed by atoms with Crippen molar-refractivity contribution < 1.29 is 28.8 Å². The molecule has 2 N–H and O–H groups in total. The molecule has 4 atom stereocenters. The zero-order chi connectivity index (χ0) is 15.7. The second-order valence-electron chi connectivity index (χ2n) is 5.15. The molecule has 0 aliphatic carbocycles. The fourth-order valence-electron chi connectivity index (χ4n) is 2.71. The van der Waals surface area contributed by atoms with Gasteiger partial charge >= 0.3 is 0 Å². The van der Waals surface area contributed by atoms with E-state index in [0.717, 1.165) is 0 Å². The van der Waals surface area contributed by atoms with Gasteiger partial charge in [-0.1, -0.05) is 0 Å². The molecule has 1 amide bonds. The Kier molecular flexibility index (Phi) is 4.14. The molecule has 0 radical (unpaired) electrons. The first kappa shape index (κ1) is 15.0. The molecule has 3 rings (SSSR count). The highest BCUT2D eigenvalue weighted by Gasteiger charge is 2.47. The number of nitrogens with zero attached hydrogens (tertiary/aromatic N) is 1. The van der Waals surface area contributed by atoms with Gasteiger partial charge in [0.05, 0.1) is 33.5 Å². The Morgan fingerprint density at radius 2 is 2.05 bits per heavy atom. The summed E-state index contributed by atoms with van der Waals surface area (Å²) in [6.07, 6.45) is -1.37. The van der Waals surface area contributed by atoms with Crippen LogP contribution in [0.5, 0.6) is 11.8 Å². The summed E-state index contributed by atoms with van der Waals surface area (Å²) in [7, 11) is 2.92. The maximum Gasteiger partial charge on any atom is 0.257 e. The van der Waals surface area contributed by atoms with Gasteiger partial charge in [-0.15, -0.1) is 0 Å². The summed E-state index contributed by atoms with van der Waals surface area (Å²) < 4.78 is 21.1. The van der Waals surface area contributed by atoms with Gasteiger partial charge in [-0.25, -0.2) is 0 Å². The lowest BCUT2D eigenvalue weighted by molar-refractivity contribution is 0.0178. The Morgan fingerprint density at radius 1 is 1.27 bits per heavy atom. The molecule has 22 heavy (non-hydrogen) atoms. The molecule has 1 aromatic rings. The van der Waals surface area contributed by atoms with Crippen LogP contribution in [-0.4, -0.2) is 67.8 Å². The predicted molar refractivity (Wildman–Crippen MR) is 74.1 cm³/mol. The molecule has 3 heterocycles. The lowest BCUT2D eigenvalue weighted by Crippen LogP contribution is -2.44. The normalized spacial score (nSPS) is 30.0. The molecule has 0 saturated carbocycles. The molecule has 8 heteroatoms. The van der Waals surface area contributed by atoms with Gasteiger partial charge in [-0.2, -0.15) is 4.98 Å². The minimum atomic E-state index is -0.649. The van der Waals surface area contributed by atoms with Gasteiger partial charge in [0.1, 0.15) is 23.9 Å². The van der Waals surface area contributed by atoms with E-state index in [2.05, 4.69) is 10.3 Å². The number of ether oxygens (including phenoxy) is 4. The molecule has 2 fully saturated rings. The second-order valence-corrected chi connectivity index (χ2v) is 5.15. The van der Waals surface area contributed by atoms with Crippen LogP contribution in [0.1, 0.15) is 10.4 Å². The van der Waals surface area contributed by atoms with Crippen molar-refractivity contribution in [3.63, 3.8) is 0 Å². The van der Waals surface area contributed by atoms with Gasteiger partial charge < -0.3 is 29.4 Å². The first-order valence-corrected chi connectivity index (χ1v) is 6.95. The third-order valence-corrected chi connectivity index (χ3v) is 3.83. The number of nitrogens with one attached hydrogen (secondary N) is 1. The van der Waals surface area contributed by atoms with Gasteiger partial charge in [0.15, 0.2) is 0 Å². The summed E-state index contributed by atoms with van der Waals surface area (Å²) in [6.45, 7) is 0.513. The number of carbonyl (C=O) groups excluding carboxylic acids is 1. The van der Waals surface area contributed by atoms with Crippen LogP contribution in [0.4, 0.5) is 0 Å². The number of rotatable bonds is 4. The number of amides is 1. The van der Waals surface area contributed by atoms with Crippen LogP contribution >= 0.6 is 0 Å². The highest BCUT2D eigenvalue weighted by Crippen LogP contribution is 2.27. The fraction of sp³-hybridized carbons (Fsp3) is 0.571. The third kappa shape index (κ3) is 2.60. The van der Waals surface area contributed by atoms with Crippen LogP contribution in [0.3, 0.4) is 0 Å². The number of aliphatic hydroxyl groups excluding tert-OH is 1. The molecule has 8 nitrogen and oxygen atoms in total. The van der Waals surface area contributed by atoms with E-state index in [9.17, 15) is 9.90 Å². The maximum atomic E-state index is 12.4. The van der Waals surface area contributed by atoms with E-state index in [4.69, 9.17) is 18.9 Å². The van der Waals surface area contributed by atoms with Crippen LogP contribution in [0.25, 0.3) is 0 Å². The van der Waals surface area contributed by atoms with E-state index in [-0.39, 0.29) is 36.6 Å². The van der Waals surface area contributed by atoms with Crippen molar-refractivity contribution in [2.24, 2.45) is 0 Å². The highest BCUT2D eigenvalue weighted by molar-refractivity contribution is 5.96. The summed E-state index contributed by atoms with van der Waals surface area (Å²) in [5, 5.41) is 12.5. The SMILES string of the molecule is COc1ccc(C(=O)N[C@H]2CO[C@H]3[C@@H]2OC[C@@H]3O)c(OC)n1. The topological polar surface area (TPSA) is 99.1 Å². The van der Waals surface area contributed by atoms with E-state index in [0.29, 0.717) is 18.1 Å². The zero-order valence-electron chi connectivity index (χ0n) is 12.3. The van der Waals surface area contributed by atoms with Crippen molar-refractivity contribution in [3.05, 3.63) is 17.7 Å². The van der Waals surface area contributed by atoms with Gasteiger partial charge in [0.25, 0.3) is 5.91 Å². The summed E-state index contributed by atoms with van der Waals surface area (Å²) in [4.78, 5) is 16.5. The van der Waals surface area contributed by atoms with E-state index in [1.54, 1.807) is 12.1 Å². The Morgan fingerprint density at radius 3 is 2.77 bits per heavy atom. The van der Waals surface area contributed by atoms with Gasteiger partial charge in [0, 0.05) is 6.07 Å². The minimum Gasteiger partial charge on any atom is -0.481 e. The number of aliphatic hydroxyl groups is 1. The standard InChI is InChI=1S/C14H18N2O6/c1-19-10-4-3-7(14(16-10)20-2)13(18)15-8-5-21-12-9(17)6-22-11(8)12/h3-4,8-9,11-12,17H,5-6H2,1-2H3,(H,15,18)/t8-,9-,11+,12+/m0/s1. The lowest BCUT2D eigenvalue weighted by Gasteiger charge is -2.18. The number of aromatic nitrogens is 1. The summed E-state index contributed by atoms with van der Waals surface area (Å²) in [5.74, 6) is 0.200. The highest BCUT2D eigenvalue weighted by atomic mass is 16.6. The quantitative estimate of drug-likeness (QED) is 0.763. The summed E-state index contributed by atoms with van der Waals surface area (Å²) in [5.41, 5.74) is 0.297. The van der Waals surface area contributed by atoms with Gasteiger partial charge in [-0.05, 0) is 6.07 Å². The molecule has 1 aromatic heterocycles. The second kappa shape index (κ2) is 6.07. The van der Waals surface area contributed by atoms with E-state index < -0.39 is 6.10 Å². The molecular formula is C14H18N2O6. The number of hydrogen-bond acceptors (Lipinski definition) is 7. The molecule has 120 valence electrons. The van der Waals surface area contributed by atoms with E-state index in [1.165, 1.54) is 14.2 Å². The Bertz CT molecular complexity index is 566. The number of fused-ring (bicyclic) bond motifs is 1. The van der Waals surface area contributed by atoms with Crippen molar-refractivity contribution in [1.82, 2.24) is 10.3 Å². The molecular weight excluding hydrogens is 292 g/mol. The monoisotopic (exact) mass is 310 g/mol. The van der Waals surface area contributed by atoms with E-state index >= 15 is 0 Å². The average Bonchev–Trinajstić information content (AvgIpc) is 3.10. The lowest BCUT2D eigenvalue weighted by atomic mass is 10.1. The predicted octanol–water partition coefficient (Wildman–Crippen LogP) is -0.644. The van der Waals surface area contributed by atoms with Gasteiger partial charge in [-0.3, -0.25) is 4.79 Å². The third-order valence-electron chi connectivity index (χ3n) is 3.83. The van der Waals surface area contributed by atoms with Crippen molar-refractivity contribution in [2.45, 2.75) is 24.4 Å². The fourth-order valence-corrected chi connectivity index (χ4v) is 2.71. The first-order chi connectivity index (χ1) is 10.6. The number of hydrogen-bond donors (Lipinski definition) is 2. The van der Waals surface area contributed by atoms with Gasteiger partial charge in [0.2, 0.25) is 11.8 Å². The molecule has 0 spiro atoms. The average molecular weight is 310 g/mol. The van der Waals surface area contributed by atoms with Crippen LogP contribution in [0, 0.1) is 0 Å². The molecule has 2 saturated heterocycles.